The van der Waals surface area contributed by atoms with Gasteiger partial charge in [-0.2, -0.15) is 17.2 Å². The fraction of sp³-hybridized carbons (Fsp3) is 0.600. The van der Waals surface area contributed by atoms with Crippen molar-refractivity contribution in [3.05, 3.63) is 130 Å². The summed E-state index contributed by atoms with van der Waals surface area (Å²) in [5.74, 6) is -13.8. The van der Waals surface area contributed by atoms with Crippen LogP contribution in [-0.2, 0) is 117 Å². The Morgan fingerprint density at radius 1 is 0.389 bits per heavy atom. The van der Waals surface area contributed by atoms with E-state index in [0.29, 0.717) is 27.7 Å². The topological polar surface area (TPSA) is 871 Å². The van der Waals surface area contributed by atoms with Gasteiger partial charge in [-0.3, -0.25) is 75.5 Å². The zero-order valence-corrected chi connectivity index (χ0v) is 59.3. The Kier molecular flexibility index (Phi) is 27.7. The van der Waals surface area contributed by atoms with Crippen molar-refractivity contribution in [2.24, 2.45) is 0 Å². The highest BCUT2D eigenvalue weighted by Crippen LogP contribution is 2.62. The number of phosphoric acid groups is 8. The van der Waals surface area contributed by atoms with E-state index in [2.05, 4.69) is 49.5 Å². The number of aromatic amines is 4. The number of nitrogens with one attached hydrogen (secondary N) is 4. The first-order chi connectivity index (χ1) is 51.2. The molecule has 24 N–H and O–H groups in total. The van der Waals surface area contributed by atoms with Crippen molar-refractivity contribution in [3.8, 4) is 0 Å². The van der Waals surface area contributed by atoms with Crippen LogP contribution in [0.2, 0.25) is 0 Å². The minimum absolute atomic E-state index is 0.118. The van der Waals surface area contributed by atoms with Crippen molar-refractivity contribution in [1.29, 1.82) is 0 Å². The lowest BCUT2D eigenvalue weighted by Gasteiger charge is -2.22. The number of hydrogen-bond acceptors (Lipinski definition) is 36. The molecule has 0 saturated carbocycles. The minimum atomic E-state index is -5.94. The van der Waals surface area contributed by atoms with E-state index < -0.39 is 270 Å². The van der Waals surface area contributed by atoms with Crippen molar-refractivity contribution < 1.29 is 216 Å². The Hall–Kier alpha value is -5.00. The number of ether oxygens (including phenoxy) is 4. The van der Waals surface area contributed by atoms with Crippen LogP contribution in [0.1, 0.15) is 81.0 Å². The summed E-state index contributed by atoms with van der Waals surface area (Å²) in [6.07, 6.45) is -19.8. The predicted molar refractivity (Wildman–Crippen MR) is 323 cm³/mol. The second kappa shape index (κ2) is 35.6. The Bertz CT molecular complexity index is 5160. The molecule has 4 aliphatic heterocycles. The number of nitrogens with zero attached hydrogens (tertiary/aromatic N) is 4. The molecule has 4 aromatic heterocycles. The van der Waals surface area contributed by atoms with Gasteiger partial charge in [0, 0.05) is 50.5 Å². The quantitative estimate of drug-likeness (QED) is 0.0186. The Balaban J connectivity index is 0.000000272. The third-order valence-electron chi connectivity index (χ3n) is 12.5. The number of aromatic nitrogens is 8. The maximum Gasteiger partial charge on any atom is 0.481 e. The molecule has 4 aliphatic rings. The zero-order valence-electron chi connectivity index (χ0n) is 58.1. The van der Waals surface area contributed by atoms with Crippen LogP contribution in [0.4, 0.5) is 17.6 Å². The van der Waals surface area contributed by atoms with Crippen LogP contribution >= 0.6 is 62.6 Å². The Labute approximate surface area is 597 Å². The monoisotopic (exact) mass is 1750 g/mol. The summed E-state index contributed by atoms with van der Waals surface area (Å²) in [5.41, 5.74) is -10.6. The van der Waals surface area contributed by atoms with E-state index in [9.17, 15) is 114 Å². The number of H-pyrrole nitrogens is 4. The summed E-state index contributed by atoms with van der Waals surface area (Å²) in [7, 11) is -44.8. The normalized spacial score (nSPS) is 30.7. The molecule has 4 saturated heterocycles. The van der Waals surface area contributed by atoms with E-state index >= 15 is 8.78 Å². The van der Waals surface area contributed by atoms with Crippen LogP contribution in [0.25, 0.3) is 0 Å². The average molecular weight is 1750 g/mol. The van der Waals surface area contributed by atoms with Gasteiger partial charge in [0.1, 0.15) is 50.7 Å². The lowest BCUT2D eigenvalue weighted by Crippen LogP contribution is -2.37. The summed E-state index contributed by atoms with van der Waals surface area (Å²) in [5, 5.41) is 76.3. The van der Waals surface area contributed by atoms with E-state index in [1.807, 2.05) is 4.98 Å². The number of rotatable bonds is 28. The van der Waals surface area contributed by atoms with Gasteiger partial charge < -0.3 is 119 Å². The molecule has 0 aromatic carbocycles. The van der Waals surface area contributed by atoms with E-state index in [4.69, 9.17) is 82.3 Å². The van der Waals surface area contributed by atoms with Gasteiger partial charge >= 0.3 is 85.3 Å². The Morgan fingerprint density at radius 3 is 0.907 bits per heavy atom. The molecule has 0 spiro atoms. The van der Waals surface area contributed by atoms with Crippen LogP contribution < -0.4 is 45.0 Å². The molecular weight excluding hydrogens is 1680 g/mol. The first kappa shape index (κ1) is 83.9. The summed E-state index contributed by atoms with van der Waals surface area (Å²) in [6, 6.07) is 0. The summed E-state index contributed by atoms with van der Waals surface area (Å²) < 4.78 is 243. The molecule has 4 unspecified atom stereocenters. The molecular formula is C40H60F4N8O48P8. The van der Waals surface area contributed by atoms with Gasteiger partial charge in [0.05, 0.1) is 56.9 Å². The molecule has 0 amide bonds. The van der Waals surface area contributed by atoms with Gasteiger partial charge in [-0.15, -0.1) is 0 Å². The SMILES string of the molecule is O=c1[nH]c(=O)n([C@@H]2O[C@](F)(COP(=O)(O)OP(=O)(O)O)C[C@H]2O)cc1CO.[2H]C([2H])(OP(=O)(O)OP(=O)(O)O)[C@]1(F)C[C@@H](O)[C@H](n2cc(CO)c(=O)[nH]c2=O)O1.[2H]C([2H])(OP(=O)(O)OP(=O)(O)O)[C@]1(F)C[C@@H](O)[C@]([2H])(n2cc(CO)c(=O)[nH]c2=O)O1.[2H][C@@]1(n2cc(CO)c(=O)[nH]c2=O)O[C@](F)(COP(=O)(O)OP(=O)(O)O)C[C@H]1O. The standard InChI is InChI=1S/4C10H15FN2O12P2/c4*11-10(4-23-27(21,22)25-26(18,19)20)1-6(15)8(24-10)13-2-5(3-14)7(16)12-9(13)17/h4*2,6,8,14-15H,1,3-4H2,(H,21,22)(H,12,16,17)(H2,18,19,20)/t4*6-,8-,10+/m1111/s1/i4D2,8D;8D;4D2;. The molecule has 8 rings (SSSR count). The molecule has 0 radical (unpaired) electrons. The lowest BCUT2D eigenvalue weighted by atomic mass is 10.2. The highest BCUT2D eigenvalue weighted by Gasteiger charge is 2.54. The summed E-state index contributed by atoms with van der Waals surface area (Å²) in [6.45, 7) is -14.3. The zero-order chi connectivity index (χ0) is 87.9. The van der Waals surface area contributed by atoms with Crippen molar-refractivity contribution in [2.75, 3.05) is 26.3 Å². The maximum atomic E-state index is 15.2. The summed E-state index contributed by atoms with van der Waals surface area (Å²) >= 11 is 0. The van der Waals surface area contributed by atoms with Crippen LogP contribution in [-0.4, -0.2) is 212 Å². The third-order valence-corrected chi connectivity index (χ3v) is 20.8. The van der Waals surface area contributed by atoms with Crippen molar-refractivity contribution in [1.82, 2.24) is 38.2 Å². The molecule has 616 valence electrons. The minimum Gasteiger partial charge on any atom is -0.391 e. The molecule has 4 aromatic rings. The van der Waals surface area contributed by atoms with Crippen LogP contribution in [0.15, 0.2) is 63.1 Å². The molecule has 4 fully saturated rings. The largest absolute Gasteiger partial charge is 0.481 e. The second-order valence-corrected chi connectivity index (χ2v) is 32.2. The fourth-order valence-corrected chi connectivity index (χ4v) is 14.6. The highest BCUT2D eigenvalue weighted by molar-refractivity contribution is 7.62. The van der Waals surface area contributed by atoms with Gasteiger partial charge in [0.2, 0.25) is 23.4 Å². The lowest BCUT2D eigenvalue weighted by molar-refractivity contribution is -0.178. The first-order valence-electron chi connectivity index (χ1n) is 30.4. The van der Waals surface area contributed by atoms with Crippen molar-refractivity contribution >= 4 is 62.6 Å². The number of aliphatic hydroxyl groups is 8. The number of phosphoric ester groups is 4. The first-order valence-corrected chi connectivity index (χ1v) is 39.5. The van der Waals surface area contributed by atoms with Gasteiger partial charge in [0.25, 0.3) is 22.2 Å². The molecule has 0 aliphatic carbocycles. The molecule has 0 bridgehead atoms. The number of alkyl halides is 4. The van der Waals surface area contributed by atoms with E-state index in [-0.39, 0.29) is 20.3 Å². The second-order valence-electron chi connectivity index (χ2n) is 21.0. The molecule has 56 nitrogen and oxygen atoms in total. The molecule has 8 heterocycles. The smallest absolute Gasteiger partial charge is 0.391 e. The van der Waals surface area contributed by atoms with Gasteiger partial charge in [-0.25, -0.2) is 73.3 Å². The number of aliphatic hydroxyl groups excluding tert-OH is 8. The third kappa shape index (κ3) is 27.7. The van der Waals surface area contributed by atoms with Crippen LogP contribution in [0, 0.1) is 0 Å². The van der Waals surface area contributed by atoms with Gasteiger partial charge in [-0.1, -0.05) is 0 Å². The highest BCUT2D eigenvalue weighted by atomic mass is 31.3. The van der Waals surface area contributed by atoms with E-state index in [0.717, 1.165) is 6.20 Å². The van der Waals surface area contributed by atoms with Crippen LogP contribution in [0.3, 0.4) is 0 Å². The summed E-state index contributed by atoms with van der Waals surface area (Å²) in [4.78, 5) is 205. The number of halogens is 4. The van der Waals surface area contributed by atoms with E-state index in [1.54, 1.807) is 15.0 Å². The maximum absolute atomic E-state index is 15.2. The number of hydrogen-bond donors (Lipinski definition) is 24. The Morgan fingerprint density at radius 2 is 0.611 bits per heavy atom. The predicted octanol–water partition coefficient (Wildman–Crippen LogP) is -7.20. The average Bonchev–Trinajstić information content (AvgIpc) is 1.55. The molecule has 16 atom stereocenters. The fourth-order valence-electron chi connectivity index (χ4n) is 8.40. The molecule has 108 heavy (non-hydrogen) atoms. The van der Waals surface area contributed by atoms with Crippen molar-refractivity contribution in [2.45, 2.75) is 125 Å². The van der Waals surface area contributed by atoms with Gasteiger partial charge in [-0.05, 0) is 0 Å². The van der Waals surface area contributed by atoms with Crippen molar-refractivity contribution in [3.63, 3.8) is 0 Å². The van der Waals surface area contributed by atoms with Gasteiger partial charge in [0.15, 0.2) is 24.9 Å². The molecule has 68 heteroatoms. The van der Waals surface area contributed by atoms with E-state index in [1.165, 1.54) is 0 Å². The van der Waals surface area contributed by atoms with Crippen LogP contribution in [0.5, 0.6) is 0 Å².